The molecule has 5 N–H and O–H groups in total. The molecule has 9 heteroatoms. The Hall–Kier alpha value is -2.53. The zero-order valence-electron chi connectivity index (χ0n) is 17.8. The lowest BCUT2D eigenvalue weighted by molar-refractivity contribution is -0.304. The molecule has 3 rings (SSSR count). The molecule has 0 saturated carbocycles. The van der Waals surface area contributed by atoms with Crippen molar-refractivity contribution in [2.75, 3.05) is 13.2 Å². The molecule has 5 atom stereocenters. The highest BCUT2D eigenvalue weighted by atomic mass is 16.7. The zero-order chi connectivity index (χ0) is 23.4. The summed E-state index contributed by atoms with van der Waals surface area (Å²) in [6.45, 7) is 2.82. The van der Waals surface area contributed by atoms with Crippen LogP contribution in [0, 0.1) is 13.8 Å². The molecule has 0 aromatic heterocycles. The highest BCUT2D eigenvalue weighted by Gasteiger charge is 2.43. The van der Waals surface area contributed by atoms with Crippen LogP contribution < -0.4 is 4.74 Å². The summed E-state index contributed by atoms with van der Waals surface area (Å²) in [5, 5.41) is 48.0. The predicted molar refractivity (Wildman–Crippen MR) is 113 cm³/mol. The molecule has 2 aromatic carbocycles. The van der Waals surface area contributed by atoms with Crippen LogP contribution >= 0.6 is 0 Å². The number of ether oxygens (including phenoxy) is 3. The van der Waals surface area contributed by atoms with Gasteiger partial charge in [0.2, 0.25) is 0 Å². The van der Waals surface area contributed by atoms with Gasteiger partial charge in [0.1, 0.15) is 30.2 Å². The SMILES string of the molecule is Cc1cc(-c2cccc(CO[C@@H]3O[C@H](CO)[C@@H](O)[C@H](O)[C@@H]3O)c2)cc(C)c1OCC(=O)O. The number of benzene rings is 2. The number of aliphatic carboxylic acids is 1. The second kappa shape index (κ2) is 10.4. The molecular formula is C23H28O9. The smallest absolute Gasteiger partial charge is 0.341 e. The number of carboxylic acid groups (broad SMARTS) is 1. The number of aryl methyl sites for hydroxylation is 2. The highest BCUT2D eigenvalue weighted by Crippen LogP contribution is 2.31. The van der Waals surface area contributed by atoms with E-state index < -0.39 is 49.9 Å². The summed E-state index contributed by atoms with van der Waals surface area (Å²) in [6.07, 6.45) is -6.63. The van der Waals surface area contributed by atoms with Crippen molar-refractivity contribution in [2.45, 2.75) is 51.2 Å². The van der Waals surface area contributed by atoms with Crippen LogP contribution in [0.4, 0.5) is 0 Å². The number of carboxylic acids is 1. The lowest BCUT2D eigenvalue weighted by Crippen LogP contribution is -2.59. The molecule has 0 unspecified atom stereocenters. The second-order valence-corrected chi connectivity index (χ2v) is 7.83. The Morgan fingerprint density at radius 1 is 1.00 bits per heavy atom. The normalized spacial score (nSPS) is 25.5. The van der Waals surface area contributed by atoms with Gasteiger partial charge in [-0.05, 0) is 59.9 Å². The number of aliphatic hydroxyl groups excluding tert-OH is 4. The molecule has 0 spiro atoms. The number of hydrogen-bond donors (Lipinski definition) is 5. The Morgan fingerprint density at radius 2 is 1.69 bits per heavy atom. The van der Waals surface area contributed by atoms with E-state index in [-0.39, 0.29) is 6.61 Å². The van der Waals surface area contributed by atoms with Crippen LogP contribution in [-0.2, 0) is 20.9 Å². The first kappa shape index (κ1) is 24.1. The van der Waals surface area contributed by atoms with Gasteiger partial charge < -0.3 is 39.7 Å². The van der Waals surface area contributed by atoms with E-state index in [1.807, 2.05) is 50.2 Å². The molecule has 1 aliphatic rings. The van der Waals surface area contributed by atoms with Crippen molar-refractivity contribution in [3.05, 3.63) is 53.1 Å². The van der Waals surface area contributed by atoms with Crippen LogP contribution in [0.5, 0.6) is 5.75 Å². The van der Waals surface area contributed by atoms with E-state index in [2.05, 4.69) is 0 Å². The molecular weight excluding hydrogens is 420 g/mol. The first-order valence-corrected chi connectivity index (χ1v) is 10.2. The Kier molecular flexibility index (Phi) is 7.83. The van der Waals surface area contributed by atoms with Crippen LogP contribution in [0.3, 0.4) is 0 Å². The third kappa shape index (κ3) is 5.44. The summed E-state index contributed by atoms with van der Waals surface area (Å²) >= 11 is 0. The highest BCUT2D eigenvalue weighted by molar-refractivity contribution is 5.70. The van der Waals surface area contributed by atoms with E-state index >= 15 is 0 Å². The van der Waals surface area contributed by atoms with Crippen molar-refractivity contribution in [2.24, 2.45) is 0 Å². The van der Waals surface area contributed by atoms with Crippen molar-refractivity contribution >= 4 is 5.97 Å². The first-order valence-electron chi connectivity index (χ1n) is 10.2. The number of rotatable bonds is 8. The molecule has 0 aliphatic carbocycles. The maximum atomic E-state index is 10.8. The topological polar surface area (TPSA) is 146 Å². The molecule has 1 heterocycles. The van der Waals surface area contributed by atoms with E-state index in [9.17, 15) is 25.2 Å². The molecule has 0 bridgehead atoms. The third-order valence-electron chi connectivity index (χ3n) is 5.32. The molecule has 0 amide bonds. The van der Waals surface area contributed by atoms with Crippen molar-refractivity contribution in [1.82, 2.24) is 0 Å². The van der Waals surface area contributed by atoms with Gasteiger partial charge in [0.15, 0.2) is 12.9 Å². The molecule has 1 aliphatic heterocycles. The average molecular weight is 448 g/mol. The standard InChI is InChI=1S/C23H28O9/c1-12-6-16(7-13(2)22(12)30-11-18(25)26)15-5-3-4-14(8-15)10-31-23-21(29)20(28)19(27)17(9-24)32-23/h3-8,17,19-21,23-24,27-29H,9-11H2,1-2H3,(H,25,26)/t17-,19-,20+,21+,23-/m1/s1. The summed E-state index contributed by atoms with van der Waals surface area (Å²) < 4.78 is 16.4. The Labute approximate surface area is 185 Å². The summed E-state index contributed by atoms with van der Waals surface area (Å²) in [5.74, 6) is -0.502. The monoisotopic (exact) mass is 448 g/mol. The minimum absolute atomic E-state index is 0.0638. The van der Waals surface area contributed by atoms with E-state index in [0.717, 1.165) is 27.8 Å². The van der Waals surface area contributed by atoms with Crippen molar-refractivity contribution in [3.8, 4) is 16.9 Å². The summed E-state index contributed by atoms with van der Waals surface area (Å²) in [7, 11) is 0. The van der Waals surface area contributed by atoms with Crippen LogP contribution in [0.2, 0.25) is 0 Å². The minimum atomic E-state index is -1.50. The van der Waals surface area contributed by atoms with Gasteiger partial charge in [-0.1, -0.05) is 18.2 Å². The van der Waals surface area contributed by atoms with Gasteiger partial charge in [-0.15, -0.1) is 0 Å². The van der Waals surface area contributed by atoms with Gasteiger partial charge in [0.05, 0.1) is 13.2 Å². The van der Waals surface area contributed by atoms with Gasteiger partial charge in [-0.25, -0.2) is 4.79 Å². The molecule has 1 saturated heterocycles. The van der Waals surface area contributed by atoms with E-state index in [4.69, 9.17) is 19.3 Å². The molecule has 32 heavy (non-hydrogen) atoms. The fourth-order valence-electron chi connectivity index (χ4n) is 3.70. The summed E-state index contributed by atoms with van der Waals surface area (Å²) in [4.78, 5) is 10.8. The lowest BCUT2D eigenvalue weighted by atomic mass is 9.98. The maximum absolute atomic E-state index is 10.8. The molecule has 174 valence electrons. The molecule has 1 fully saturated rings. The van der Waals surface area contributed by atoms with Crippen LogP contribution in [0.1, 0.15) is 16.7 Å². The van der Waals surface area contributed by atoms with Gasteiger partial charge in [0, 0.05) is 0 Å². The van der Waals surface area contributed by atoms with Crippen LogP contribution in [-0.4, -0.2) is 75.4 Å². The van der Waals surface area contributed by atoms with Crippen LogP contribution in [0.15, 0.2) is 36.4 Å². The summed E-state index contributed by atoms with van der Waals surface area (Å²) in [5.41, 5.74) is 4.21. The number of aliphatic hydroxyl groups is 4. The maximum Gasteiger partial charge on any atom is 0.341 e. The van der Waals surface area contributed by atoms with Crippen molar-refractivity contribution in [1.29, 1.82) is 0 Å². The van der Waals surface area contributed by atoms with Gasteiger partial charge in [-0.3, -0.25) is 0 Å². The van der Waals surface area contributed by atoms with Crippen molar-refractivity contribution < 1.29 is 44.5 Å². The average Bonchev–Trinajstić information content (AvgIpc) is 2.76. The van der Waals surface area contributed by atoms with E-state index in [1.165, 1.54) is 0 Å². The fraction of sp³-hybridized carbons (Fsp3) is 0.435. The fourth-order valence-corrected chi connectivity index (χ4v) is 3.70. The molecule has 2 aromatic rings. The molecule has 0 radical (unpaired) electrons. The van der Waals surface area contributed by atoms with Gasteiger partial charge in [-0.2, -0.15) is 0 Å². The van der Waals surface area contributed by atoms with Crippen LogP contribution in [0.25, 0.3) is 11.1 Å². The quantitative estimate of drug-likeness (QED) is 0.395. The number of hydrogen-bond acceptors (Lipinski definition) is 8. The number of carbonyl (C=O) groups is 1. The summed E-state index contributed by atoms with van der Waals surface area (Å²) in [6, 6.07) is 11.3. The first-order chi connectivity index (χ1) is 15.2. The van der Waals surface area contributed by atoms with Crippen molar-refractivity contribution in [3.63, 3.8) is 0 Å². The Morgan fingerprint density at radius 3 is 2.31 bits per heavy atom. The van der Waals surface area contributed by atoms with E-state index in [0.29, 0.717) is 5.75 Å². The lowest BCUT2D eigenvalue weighted by Gasteiger charge is -2.39. The minimum Gasteiger partial charge on any atom is -0.481 e. The second-order valence-electron chi connectivity index (χ2n) is 7.83. The van der Waals surface area contributed by atoms with Gasteiger partial charge >= 0.3 is 5.97 Å². The largest absolute Gasteiger partial charge is 0.481 e. The third-order valence-corrected chi connectivity index (χ3v) is 5.32. The van der Waals surface area contributed by atoms with E-state index in [1.54, 1.807) is 0 Å². The molecule has 9 nitrogen and oxygen atoms in total. The van der Waals surface area contributed by atoms with Gasteiger partial charge in [0.25, 0.3) is 0 Å². The Bertz CT molecular complexity index is 920. The predicted octanol–water partition coefficient (Wildman–Crippen LogP) is 0.750. The zero-order valence-corrected chi connectivity index (χ0v) is 17.8. The Balaban J connectivity index is 1.72.